The normalized spacial score (nSPS) is 11.2. The van der Waals surface area contributed by atoms with Crippen LogP contribution in [0.25, 0.3) is 0 Å². The van der Waals surface area contributed by atoms with Crippen molar-refractivity contribution in [1.82, 2.24) is 10.6 Å². The number of amides is 2. The van der Waals surface area contributed by atoms with Gasteiger partial charge in [0.2, 0.25) is 0 Å². The van der Waals surface area contributed by atoms with Crippen LogP contribution in [0.2, 0.25) is 0 Å². The number of ether oxygens (including phenoxy) is 1. The van der Waals surface area contributed by atoms with Crippen molar-refractivity contribution >= 4 is 29.2 Å². The maximum Gasteiger partial charge on any atom is 0.328 e. The summed E-state index contributed by atoms with van der Waals surface area (Å²) in [5, 5.41) is 26.6. The van der Waals surface area contributed by atoms with Gasteiger partial charge in [0.1, 0.15) is 6.04 Å². The van der Waals surface area contributed by atoms with Crippen LogP contribution in [0.1, 0.15) is 40.0 Å². The molecule has 0 unspecified atom stereocenters. The highest BCUT2D eigenvalue weighted by atomic mass is 16.6. The van der Waals surface area contributed by atoms with Gasteiger partial charge >= 0.3 is 5.97 Å². The Morgan fingerprint density at radius 2 is 1.33 bits per heavy atom. The van der Waals surface area contributed by atoms with Crippen LogP contribution in [0.3, 0.4) is 0 Å². The van der Waals surface area contributed by atoms with Crippen molar-refractivity contribution in [3.05, 3.63) is 79.9 Å². The zero-order chi connectivity index (χ0) is 24.4. The van der Waals surface area contributed by atoms with Crippen LogP contribution in [0.4, 0.5) is 11.4 Å². The fourth-order valence-corrected chi connectivity index (χ4v) is 2.88. The lowest BCUT2D eigenvalue weighted by Crippen LogP contribution is -2.41. The predicted molar refractivity (Wildman–Crippen MR) is 116 cm³/mol. The van der Waals surface area contributed by atoms with Crippen LogP contribution in [0, 0.1) is 20.2 Å². The number of nitro groups is 2. The molecule has 0 aliphatic heterocycles. The summed E-state index contributed by atoms with van der Waals surface area (Å²) in [6.45, 7) is 0.292. The summed E-state index contributed by atoms with van der Waals surface area (Å²) in [6, 6.07) is 9.22. The number of benzene rings is 2. The Balaban J connectivity index is 1.82. The first kappa shape index (κ1) is 24.9. The Labute approximate surface area is 188 Å². The van der Waals surface area contributed by atoms with E-state index in [0.29, 0.717) is 19.4 Å². The molecule has 0 heterocycles. The summed E-state index contributed by atoms with van der Waals surface area (Å²) < 4.78 is 4.72. The molecule has 0 aliphatic carbocycles. The monoisotopic (exact) mass is 458 g/mol. The zero-order valence-electron chi connectivity index (χ0n) is 17.7. The van der Waals surface area contributed by atoms with Gasteiger partial charge in [-0.05, 0) is 43.5 Å². The van der Waals surface area contributed by atoms with E-state index in [1.54, 1.807) is 0 Å². The van der Waals surface area contributed by atoms with Crippen LogP contribution in [-0.4, -0.2) is 47.3 Å². The maximum absolute atomic E-state index is 12.4. The average Bonchev–Trinajstić information content (AvgIpc) is 2.82. The molecule has 2 aromatic carbocycles. The van der Waals surface area contributed by atoms with E-state index in [4.69, 9.17) is 4.74 Å². The van der Waals surface area contributed by atoms with Gasteiger partial charge in [0.25, 0.3) is 23.2 Å². The highest BCUT2D eigenvalue weighted by Crippen LogP contribution is 2.13. The first-order valence-electron chi connectivity index (χ1n) is 9.88. The second-order valence-corrected chi connectivity index (χ2v) is 6.91. The number of nitrogens with zero attached hydrogens (tertiary/aromatic N) is 2. The van der Waals surface area contributed by atoms with E-state index < -0.39 is 27.8 Å². The van der Waals surface area contributed by atoms with Crippen LogP contribution < -0.4 is 10.6 Å². The molecule has 0 spiro atoms. The first-order valence-corrected chi connectivity index (χ1v) is 9.88. The predicted octanol–water partition coefficient (Wildman–Crippen LogP) is 2.37. The van der Waals surface area contributed by atoms with Crippen LogP contribution in [0.15, 0.2) is 48.5 Å². The number of carbonyl (C=O) groups excluding carboxylic acids is 3. The van der Waals surface area contributed by atoms with Crippen LogP contribution in [-0.2, 0) is 9.53 Å². The fourth-order valence-electron chi connectivity index (χ4n) is 2.88. The third-order valence-corrected chi connectivity index (χ3v) is 4.68. The molecule has 2 rings (SSSR count). The Morgan fingerprint density at radius 3 is 1.79 bits per heavy atom. The van der Waals surface area contributed by atoms with Gasteiger partial charge < -0.3 is 15.4 Å². The number of nitrogens with one attached hydrogen (secondary N) is 2. The number of esters is 1. The van der Waals surface area contributed by atoms with Crippen molar-refractivity contribution in [2.24, 2.45) is 0 Å². The highest BCUT2D eigenvalue weighted by Gasteiger charge is 2.22. The molecule has 2 amide bonds. The fraction of sp³-hybridized carbons (Fsp3) is 0.286. The van der Waals surface area contributed by atoms with E-state index in [-0.39, 0.29) is 34.8 Å². The van der Waals surface area contributed by atoms with Gasteiger partial charge in [-0.3, -0.25) is 29.8 Å². The number of nitro benzene ring substituents is 2. The molecule has 0 radical (unpaired) electrons. The standard InChI is InChI=1S/C21H22N4O8/c1-33-21(28)18(23-20(27)15-7-11-17(12-8-15)25(31)32)4-2-3-13-22-19(26)14-5-9-16(10-6-14)24(29)30/h5-12,18H,2-4,13H2,1H3,(H,22,26)(H,23,27)/t18-/m0/s1. The number of non-ortho nitro benzene ring substituents is 2. The Morgan fingerprint density at radius 1 is 0.848 bits per heavy atom. The maximum atomic E-state index is 12.4. The lowest BCUT2D eigenvalue weighted by molar-refractivity contribution is -0.385. The second kappa shape index (κ2) is 11.9. The van der Waals surface area contributed by atoms with E-state index in [2.05, 4.69) is 10.6 Å². The number of methoxy groups -OCH3 is 1. The topological polar surface area (TPSA) is 171 Å². The van der Waals surface area contributed by atoms with Crippen molar-refractivity contribution in [2.45, 2.75) is 25.3 Å². The van der Waals surface area contributed by atoms with E-state index in [1.165, 1.54) is 55.6 Å². The van der Waals surface area contributed by atoms with E-state index in [0.717, 1.165) is 0 Å². The van der Waals surface area contributed by atoms with Crippen molar-refractivity contribution < 1.29 is 29.0 Å². The molecule has 2 N–H and O–H groups in total. The van der Waals surface area contributed by atoms with E-state index >= 15 is 0 Å². The molecular formula is C21H22N4O8. The molecule has 0 aliphatic rings. The van der Waals surface area contributed by atoms with Crippen molar-refractivity contribution in [3.8, 4) is 0 Å². The van der Waals surface area contributed by atoms with Gasteiger partial charge in [0.05, 0.1) is 17.0 Å². The summed E-state index contributed by atoms with van der Waals surface area (Å²) in [5.74, 6) is -1.60. The Bertz CT molecular complexity index is 1020. The minimum Gasteiger partial charge on any atom is -0.467 e. The number of hydrogen-bond acceptors (Lipinski definition) is 8. The van der Waals surface area contributed by atoms with Crippen LogP contribution in [0.5, 0.6) is 0 Å². The van der Waals surface area contributed by atoms with Gasteiger partial charge in [0.15, 0.2) is 0 Å². The van der Waals surface area contributed by atoms with Crippen molar-refractivity contribution in [2.75, 3.05) is 13.7 Å². The summed E-state index contributed by atoms with van der Waals surface area (Å²) >= 11 is 0. The van der Waals surface area contributed by atoms with Crippen molar-refractivity contribution in [1.29, 1.82) is 0 Å². The number of unbranched alkanes of at least 4 members (excludes halogenated alkanes) is 1. The largest absolute Gasteiger partial charge is 0.467 e. The molecule has 33 heavy (non-hydrogen) atoms. The van der Waals surface area contributed by atoms with Crippen LogP contribution >= 0.6 is 0 Å². The summed E-state index contributed by atoms with van der Waals surface area (Å²) in [7, 11) is 1.19. The van der Waals surface area contributed by atoms with Gasteiger partial charge in [0, 0.05) is 41.9 Å². The molecule has 12 heteroatoms. The van der Waals surface area contributed by atoms with Crippen molar-refractivity contribution in [3.63, 3.8) is 0 Å². The average molecular weight is 458 g/mol. The molecule has 12 nitrogen and oxygen atoms in total. The molecule has 0 saturated heterocycles. The molecule has 0 aromatic heterocycles. The number of hydrogen-bond donors (Lipinski definition) is 2. The van der Waals surface area contributed by atoms with Gasteiger partial charge in [-0.1, -0.05) is 0 Å². The molecule has 174 valence electrons. The molecule has 0 bridgehead atoms. The lowest BCUT2D eigenvalue weighted by atomic mass is 10.1. The third-order valence-electron chi connectivity index (χ3n) is 4.68. The lowest BCUT2D eigenvalue weighted by Gasteiger charge is -2.16. The second-order valence-electron chi connectivity index (χ2n) is 6.91. The van der Waals surface area contributed by atoms with Gasteiger partial charge in [-0.15, -0.1) is 0 Å². The SMILES string of the molecule is COC(=O)[C@H](CCCCNC(=O)c1ccc([N+](=O)[O-])cc1)NC(=O)c1ccc([N+](=O)[O-])cc1. The van der Waals surface area contributed by atoms with E-state index in [1.807, 2.05) is 0 Å². The molecular weight excluding hydrogens is 436 g/mol. The molecule has 2 aromatic rings. The summed E-state index contributed by atoms with van der Waals surface area (Å²) in [4.78, 5) is 56.7. The molecule has 0 fully saturated rings. The van der Waals surface area contributed by atoms with Gasteiger partial charge in [-0.2, -0.15) is 0 Å². The highest BCUT2D eigenvalue weighted by molar-refractivity contribution is 5.97. The molecule has 0 saturated carbocycles. The molecule has 1 atom stereocenters. The van der Waals surface area contributed by atoms with Gasteiger partial charge in [-0.25, -0.2) is 4.79 Å². The smallest absolute Gasteiger partial charge is 0.328 e. The Kier molecular flexibility index (Phi) is 8.97. The minimum absolute atomic E-state index is 0.115. The minimum atomic E-state index is -0.928. The van der Waals surface area contributed by atoms with E-state index in [9.17, 15) is 34.6 Å². The summed E-state index contributed by atoms with van der Waals surface area (Å²) in [5.41, 5.74) is 0.163. The number of carbonyl (C=O) groups is 3. The zero-order valence-corrected chi connectivity index (χ0v) is 17.7. The Hall–Kier alpha value is -4.35. The summed E-state index contributed by atoms with van der Waals surface area (Å²) in [6.07, 6.45) is 1.22. The third kappa shape index (κ3) is 7.38. The first-order chi connectivity index (χ1) is 15.7. The number of rotatable bonds is 11. The quantitative estimate of drug-likeness (QED) is 0.224.